The maximum atomic E-state index is 12.6. The van der Waals surface area contributed by atoms with Gasteiger partial charge in [0.25, 0.3) is 0 Å². The molecule has 1 aromatic rings. The number of nitrogens with zero attached hydrogens (tertiary/aromatic N) is 3. The minimum Gasteiger partial charge on any atom is -0.374 e. The van der Waals surface area contributed by atoms with Crippen molar-refractivity contribution in [3.63, 3.8) is 0 Å². The van der Waals surface area contributed by atoms with Gasteiger partial charge < -0.3 is 10.5 Å². The molecule has 7 heteroatoms. The average Bonchev–Trinajstić information content (AvgIpc) is 2.77. The van der Waals surface area contributed by atoms with Crippen LogP contribution in [-0.2, 0) is 11.3 Å². The number of rotatable bonds is 4. The molecule has 5 nitrogen and oxygen atoms in total. The Bertz CT molecular complexity index is 358. The molecule has 1 fully saturated rings. The first-order chi connectivity index (χ1) is 8.20. The van der Waals surface area contributed by atoms with Crippen LogP contribution in [0.4, 0.5) is 8.78 Å². The number of morpholine rings is 1. The average molecular weight is 246 g/mol. The Morgan fingerprint density at radius 1 is 1.59 bits per heavy atom. The molecule has 1 unspecified atom stereocenters. The Hall–Kier alpha value is -1.05. The van der Waals surface area contributed by atoms with Gasteiger partial charge in [0.2, 0.25) is 0 Å². The minimum absolute atomic E-state index is 0.0151. The van der Waals surface area contributed by atoms with Crippen molar-refractivity contribution >= 4 is 0 Å². The van der Waals surface area contributed by atoms with Crippen LogP contribution >= 0.6 is 0 Å². The topological polar surface area (TPSA) is 56.3 Å². The Morgan fingerprint density at radius 2 is 2.41 bits per heavy atom. The van der Waals surface area contributed by atoms with Crippen LogP contribution in [0.1, 0.15) is 12.4 Å². The first-order valence-corrected chi connectivity index (χ1v) is 5.54. The van der Waals surface area contributed by atoms with E-state index in [0.717, 1.165) is 4.57 Å². The van der Waals surface area contributed by atoms with Gasteiger partial charge in [-0.2, -0.15) is 8.78 Å². The molecule has 1 atom stereocenters. The van der Waals surface area contributed by atoms with Crippen molar-refractivity contribution in [2.45, 2.75) is 19.2 Å². The highest BCUT2D eigenvalue weighted by Gasteiger charge is 2.21. The summed E-state index contributed by atoms with van der Waals surface area (Å²) in [4.78, 5) is 5.98. The molecular weight excluding hydrogens is 230 g/mol. The van der Waals surface area contributed by atoms with Gasteiger partial charge >= 0.3 is 6.55 Å². The van der Waals surface area contributed by atoms with Gasteiger partial charge in [-0.25, -0.2) is 4.98 Å². The first kappa shape index (κ1) is 12.4. The molecule has 2 rings (SSSR count). The molecule has 2 heterocycles. The van der Waals surface area contributed by atoms with Crippen LogP contribution in [0.2, 0.25) is 0 Å². The number of ether oxygens (including phenoxy) is 1. The Kier molecular flexibility index (Phi) is 4.03. The third-order valence-corrected chi connectivity index (χ3v) is 2.81. The van der Waals surface area contributed by atoms with Gasteiger partial charge in [0.15, 0.2) is 0 Å². The fraction of sp³-hybridized carbons (Fsp3) is 0.700. The van der Waals surface area contributed by atoms with Crippen LogP contribution in [0.3, 0.4) is 0 Å². The van der Waals surface area contributed by atoms with Crippen LogP contribution in [-0.4, -0.2) is 46.8 Å². The molecule has 0 saturated carbocycles. The molecule has 1 aromatic heterocycles. The Balaban J connectivity index is 1.98. The van der Waals surface area contributed by atoms with Gasteiger partial charge in [-0.3, -0.25) is 9.47 Å². The van der Waals surface area contributed by atoms with E-state index in [2.05, 4.69) is 4.98 Å². The normalized spacial score (nSPS) is 22.2. The first-order valence-electron chi connectivity index (χ1n) is 5.54. The number of hydrogen-bond donors (Lipinski definition) is 1. The standard InChI is InChI=1S/C10H16F2N4O/c11-10(12)16-2-1-14-9(16)7-15-3-4-17-8(5-13)6-15/h1-2,8,10H,3-7,13H2. The third-order valence-electron chi connectivity index (χ3n) is 2.81. The summed E-state index contributed by atoms with van der Waals surface area (Å²) in [6, 6.07) is 0. The van der Waals surface area contributed by atoms with Gasteiger partial charge in [-0.15, -0.1) is 0 Å². The van der Waals surface area contributed by atoms with Gasteiger partial charge in [0, 0.05) is 32.0 Å². The van der Waals surface area contributed by atoms with E-state index in [0.29, 0.717) is 38.6 Å². The van der Waals surface area contributed by atoms with Crippen molar-refractivity contribution in [3.8, 4) is 0 Å². The highest BCUT2D eigenvalue weighted by molar-refractivity contribution is 4.93. The van der Waals surface area contributed by atoms with Crippen molar-refractivity contribution in [1.29, 1.82) is 0 Å². The second kappa shape index (κ2) is 5.52. The summed E-state index contributed by atoms with van der Waals surface area (Å²) in [7, 11) is 0. The number of halogens is 2. The summed E-state index contributed by atoms with van der Waals surface area (Å²) in [6.07, 6.45) is 2.67. The molecule has 17 heavy (non-hydrogen) atoms. The lowest BCUT2D eigenvalue weighted by Gasteiger charge is -2.32. The summed E-state index contributed by atoms with van der Waals surface area (Å²) in [5.41, 5.74) is 5.52. The van der Waals surface area contributed by atoms with Crippen molar-refractivity contribution < 1.29 is 13.5 Å². The lowest BCUT2D eigenvalue weighted by atomic mass is 10.2. The summed E-state index contributed by atoms with van der Waals surface area (Å²) in [5, 5.41) is 0. The van der Waals surface area contributed by atoms with Crippen LogP contribution < -0.4 is 5.73 Å². The molecule has 0 bridgehead atoms. The van der Waals surface area contributed by atoms with Crippen molar-refractivity contribution in [3.05, 3.63) is 18.2 Å². The molecule has 96 valence electrons. The molecular formula is C10H16F2N4O. The van der Waals surface area contributed by atoms with Crippen LogP contribution in [0, 0.1) is 0 Å². The van der Waals surface area contributed by atoms with E-state index in [1.807, 2.05) is 4.90 Å². The molecule has 0 radical (unpaired) electrons. The second-order valence-corrected chi connectivity index (χ2v) is 3.99. The molecule has 0 amide bonds. The fourth-order valence-corrected chi connectivity index (χ4v) is 1.91. The lowest BCUT2D eigenvalue weighted by molar-refractivity contribution is -0.0285. The number of aromatic nitrogens is 2. The highest BCUT2D eigenvalue weighted by atomic mass is 19.3. The van der Waals surface area contributed by atoms with Crippen LogP contribution in [0.25, 0.3) is 0 Å². The monoisotopic (exact) mass is 246 g/mol. The predicted octanol–water partition coefficient (Wildman–Crippen LogP) is 0.438. The summed E-state index contributed by atoms with van der Waals surface area (Å²) in [6.45, 7) is 0.256. The largest absolute Gasteiger partial charge is 0.374 e. The molecule has 1 saturated heterocycles. The molecule has 0 spiro atoms. The van der Waals surface area contributed by atoms with Crippen molar-refractivity contribution in [2.75, 3.05) is 26.2 Å². The predicted molar refractivity (Wildman–Crippen MR) is 57.6 cm³/mol. The van der Waals surface area contributed by atoms with E-state index in [1.54, 1.807) is 0 Å². The second-order valence-electron chi connectivity index (χ2n) is 3.99. The molecule has 1 aliphatic heterocycles. The van der Waals surface area contributed by atoms with E-state index in [-0.39, 0.29) is 6.10 Å². The highest BCUT2D eigenvalue weighted by Crippen LogP contribution is 2.15. The van der Waals surface area contributed by atoms with E-state index >= 15 is 0 Å². The van der Waals surface area contributed by atoms with E-state index < -0.39 is 6.55 Å². The Labute approximate surface area is 98.2 Å². The zero-order valence-corrected chi connectivity index (χ0v) is 9.43. The minimum atomic E-state index is -2.54. The van der Waals surface area contributed by atoms with Crippen molar-refractivity contribution in [1.82, 2.24) is 14.5 Å². The summed E-state index contributed by atoms with van der Waals surface area (Å²) < 4.78 is 31.5. The third kappa shape index (κ3) is 2.99. The lowest BCUT2D eigenvalue weighted by Crippen LogP contribution is -2.45. The number of alkyl halides is 2. The van der Waals surface area contributed by atoms with Crippen LogP contribution in [0.5, 0.6) is 0 Å². The zero-order valence-electron chi connectivity index (χ0n) is 9.43. The number of imidazole rings is 1. The van der Waals surface area contributed by atoms with Gasteiger partial charge in [-0.1, -0.05) is 0 Å². The number of nitrogens with two attached hydrogens (primary N) is 1. The van der Waals surface area contributed by atoms with Gasteiger partial charge in [0.05, 0.1) is 19.3 Å². The smallest absolute Gasteiger partial charge is 0.319 e. The fourth-order valence-electron chi connectivity index (χ4n) is 1.91. The summed E-state index contributed by atoms with van der Waals surface area (Å²) >= 11 is 0. The SMILES string of the molecule is NCC1CN(Cc2nccn2C(F)F)CCO1. The summed E-state index contributed by atoms with van der Waals surface area (Å²) in [5.74, 6) is 0.373. The maximum Gasteiger partial charge on any atom is 0.319 e. The molecule has 0 aliphatic carbocycles. The number of hydrogen-bond acceptors (Lipinski definition) is 4. The zero-order chi connectivity index (χ0) is 12.3. The van der Waals surface area contributed by atoms with E-state index in [4.69, 9.17) is 10.5 Å². The van der Waals surface area contributed by atoms with E-state index in [1.165, 1.54) is 12.4 Å². The van der Waals surface area contributed by atoms with Gasteiger partial charge in [-0.05, 0) is 0 Å². The molecule has 2 N–H and O–H groups in total. The van der Waals surface area contributed by atoms with Gasteiger partial charge in [0.1, 0.15) is 5.82 Å². The van der Waals surface area contributed by atoms with E-state index in [9.17, 15) is 8.78 Å². The van der Waals surface area contributed by atoms with Crippen LogP contribution in [0.15, 0.2) is 12.4 Å². The van der Waals surface area contributed by atoms with Crippen molar-refractivity contribution in [2.24, 2.45) is 5.73 Å². The Morgan fingerprint density at radius 3 is 3.12 bits per heavy atom. The molecule has 1 aliphatic rings. The maximum absolute atomic E-state index is 12.6. The quantitative estimate of drug-likeness (QED) is 0.837. The molecule has 0 aromatic carbocycles.